The van der Waals surface area contributed by atoms with E-state index in [9.17, 15) is 13.2 Å². The van der Waals surface area contributed by atoms with Crippen LogP contribution in [0.3, 0.4) is 0 Å². The smallest absolute Gasteiger partial charge is 0.317 e. The van der Waals surface area contributed by atoms with Crippen molar-refractivity contribution in [2.45, 2.75) is 23.2 Å². The van der Waals surface area contributed by atoms with Gasteiger partial charge >= 0.3 is 6.03 Å². The van der Waals surface area contributed by atoms with E-state index in [0.29, 0.717) is 37.7 Å². The van der Waals surface area contributed by atoms with E-state index >= 15 is 0 Å². The Morgan fingerprint density at radius 3 is 2.17 bits per heavy atom. The highest BCUT2D eigenvalue weighted by Crippen LogP contribution is 2.47. The molecule has 0 unspecified atom stereocenters. The molecule has 1 saturated heterocycles. The highest BCUT2D eigenvalue weighted by molar-refractivity contribution is 7.89. The first kappa shape index (κ1) is 20.2. The molecule has 0 bridgehead atoms. The van der Waals surface area contributed by atoms with Gasteiger partial charge < -0.3 is 10.2 Å². The molecular formula is C21H24ClN3O3S. The van der Waals surface area contributed by atoms with Crippen LogP contribution in [-0.2, 0) is 15.4 Å². The number of urea groups is 1. The molecule has 154 valence electrons. The number of hydrogen-bond donors (Lipinski definition) is 1. The number of carbonyl (C=O) groups is 1. The fourth-order valence-electron chi connectivity index (χ4n) is 3.75. The maximum Gasteiger partial charge on any atom is 0.317 e. The molecule has 2 aromatic rings. The minimum atomic E-state index is -3.51. The van der Waals surface area contributed by atoms with Crippen LogP contribution in [0.5, 0.6) is 0 Å². The van der Waals surface area contributed by atoms with Gasteiger partial charge in [-0.1, -0.05) is 41.9 Å². The Kier molecular flexibility index (Phi) is 5.55. The minimum Gasteiger partial charge on any atom is -0.337 e. The summed E-state index contributed by atoms with van der Waals surface area (Å²) in [6.07, 6.45) is 2.08. The molecule has 2 aliphatic rings. The molecule has 6 nitrogen and oxygen atoms in total. The lowest BCUT2D eigenvalue weighted by Crippen LogP contribution is -2.53. The van der Waals surface area contributed by atoms with Crippen LogP contribution in [0.1, 0.15) is 18.4 Å². The molecule has 2 aromatic carbocycles. The van der Waals surface area contributed by atoms with Crippen molar-refractivity contribution in [3.05, 3.63) is 65.2 Å². The van der Waals surface area contributed by atoms with E-state index in [-0.39, 0.29) is 16.3 Å². The van der Waals surface area contributed by atoms with Gasteiger partial charge in [0.2, 0.25) is 10.0 Å². The van der Waals surface area contributed by atoms with Gasteiger partial charge in [-0.25, -0.2) is 13.2 Å². The number of halogens is 1. The van der Waals surface area contributed by atoms with Crippen molar-refractivity contribution in [1.29, 1.82) is 0 Å². The zero-order valence-electron chi connectivity index (χ0n) is 16.1. The van der Waals surface area contributed by atoms with E-state index in [1.807, 2.05) is 24.3 Å². The zero-order chi connectivity index (χ0) is 20.5. The van der Waals surface area contributed by atoms with Gasteiger partial charge in [0.15, 0.2) is 0 Å². The van der Waals surface area contributed by atoms with E-state index in [2.05, 4.69) is 5.32 Å². The van der Waals surface area contributed by atoms with Crippen LogP contribution >= 0.6 is 11.6 Å². The van der Waals surface area contributed by atoms with Gasteiger partial charge in [0, 0.05) is 43.2 Å². The second-order valence-corrected chi connectivity index (χ2v) is 10.0. The van der Waals surface area contributed by atoms with E-state index in [4.69, 9.17) is 11.6 Å². The Hall–Kier alpha value is -2.09. The monoisotopic (exact) mass is 433 g/mol. The molecule has 1 aliphatic heterocycles. The lowest BCUT2D eigenvalue weighted by Gasteiger charge is -2.34. The van der Waals surface area contributed by atoms with Crippen molar-refractivity contribution < 1.29 is 13.2 Å². The van der Waals surface area contributed by atoms with E-state index < -0.39 is 10.0 Å². The molecular weight excluding hydrogens is 410 g/mol. The zero-order valence-corrected chi connectivity index (χ0v) is 17.6. The van der Waals surface area contributed by atoms with E-state index in [1.54, 1.807) is 35.2 Å². The molecule has 0 radical (unpaired) electrons. The molecule has 0 aromatic heterocycles. The standard InChI is InChI=1S/C21H24ClN3O3S/c22-18-8-6-17(7-9-18)21(10-11-21)16-23-20(26)24-12-14-25(15-13-24)29(27,28)19-4-2-1-3-5-19/h1-9H,10-16H2,(H,23,26). The number of nitrogens with one attached hydrogen (secondary N) is 1. The highest BCUT2D eigenvalue weighted by atomic mass is 35.5. The summed E-state index contributed by atoms with van der Waals surface area (Å²) in [5.74, 6) is 0. The second-order valence-electron chi connectivity index (χ2n) is 7.65. The normalized spacial score (nSPS) is 19.0. The van der Waals surface area contributed by atoms with Crippen molar-refractivity contribution in [3.8, 4) is 0 Å². The second kappa shape index (κ2) is 7.97. The summed E-state index contributed by atoms with van der Waals surface area (Å²) in [4.78, 5) is 14.6. The molecule has 4 rings (SSSR count). The summed E-state index contributed by atoms with van der Waals surface area (Å²) < 4.78 is 26.9. The fraction of sp³-hybridized carbons (Fsp3) is 0.381. The molecule has 0 atom stereocenters. The number of benzene rings is 2. The molecule has 2 amide bonds. The summed E-state index contributed by atoms with van der Waals surface area (Å²) in [6, 6.07) is 16.1. The van der Waals surface area contributed by atoms with Crippen LogP contribution in [0.25, 0.3) is 0 Å². The first-order valence-electron chi connectivity index (χ1n) is 9.75. The number of piperazine rings is 1. The Bertz CT molecular complexity index is 968. The molecule has 0 spiro atoms. The van der Waals surface area contributed by atoms with Gasteiger partial charge in [-0.15, -0.1) is 0 Å². The quantitative estimate of drug-likeness (QED) is 0.787. The number of rotatable bonds is 5. The van der Waals surface area contributed by atoms with Crippen LogP contribution in [-0.4, -0.2) is 56.4 Å². The van der Waals surface area contributed by atoms with Gasteiger partial charge in [0.1, 0.15) is 0 Å². The van der Waals surface area contributed by atoms with E-state index in [1.165, 1.54) is 9.87 Å². The summed E-state index contributed by atoms with van der Waals surface area (Å²) in [5, 5.41) is 3.75. The lowest BCUT2D eigenvalue weighted by molar-refractivity contribution is 0.171. The van der Waals surface area contributed by atoms with Crippen molar-refractivity contribution in [3.63, 3.8) is 0 Å². The van der Waals surface area contributed by atoms with Gasteiger partial charge in [0.05, 0.1) is 4.90 Å². The molecule has 1 aliphatic carbocycles. The van der Waals surface area contributed by atoms with Crippen molar-refractivity contribution in [1.82, 2.24) is 14.5 Å². The number of amides is 2. The largest absolute Gasteiger partial charge is 0.337 e. The van der Waals surface area contributed by atoms with Gasteiger partial charge in [-0.05, 0) is 42.7 Å². The van der Waals surface area contributed by atoms with E-state index in [0.717, 1.165) is 12.8 Å². The SMILES string of the molecule is O=C(NCC1(c2ccc(Cl)cc2)CC1)N1CCN(S(=O)(=O)c2ccccc2)CC1. The Morgan fingerprint density at radius 2 is 1.59 bits per heavy atom. The van der Waals surface area contributed by atoms with Crippen LogP contribution in [0, 0.1) is 0 Å². The predicted molar refractivity (Wildman–Crippen MR) is 113 cm³/mol. The van der Waals surface area contributed by atoms with Crippen molar-refractivity contribution >= 4 is 27.7 Å². The molecule has 8 heteroatoms. The Balaban J connectivity index is 1.31. The maximum absolute atomic E-state index is 12.7. The highest BCUT2D eigenvalue weighted by Gasteiger charge is 2.44. The first-order valence-corrected chi connectivity index (χ1v) is 11.6. The summed E-state index contributed by atoms with van der Waals surface area (Å²) in [5.41, 5.74) is 1.19. The van der Waals surface area contributed by atoms with Crippen LogP contribution < -0.4 is 5.32 Å². The topological polar surface area (TPSA) is 69.7 Å². The fourth-order valence-corrected chi connectivity index (χ4v) is 5.32. The number of sulfonamides is 1. The number of hydrogen-bond acceptors (Lipinski definition) is 3. The van der Waals surface area contributed by atoms with Crippen molar-refractivity contribution in [2.24, 2.45) is 0 Å². The van der Waals surface area contributed by atoms with Gasteiger partial charge in [-0.2, -0.15) is 4.31 Å². The summed E-state index contributed by atoms with van der Waals surface area (Å²) in [7, 11) is -3.51. The number of carbonyl (C=O) groups excluding carboxylic acids is 1. The molecule has 29 heavy (non-hydrogen) atoms. The van der Waals surface area contributed by atoms with Crippen molar-refractivity contribution in [2.75, 3.05) is 32.7 Å². The van der Waals surface area contributed by atoms with Gasteiger partial charge in [0.25, 0.3) is 0 Å². The lowest BCUT2D eigenvalue weighted by atomic mass is 9.96. The molecule has 1 heterocycles. The number of nitrogens with zero attached hydrogens (tertiary/aromatic N) is 2. The third-order valence-corrected chi connectivity index (χ3v) is 7.96. The average molecular weight is 434 g/mol. The Morgan fingerprint density at radius 1 is 0.966 bits per heavy atom. The summed E-state index contributed by atoms with van der Waals surface area (Å²) in [6.45, 7) is 1.94. The third-order valence-electron chi connectivity index (χ3n) is 5.79. The average Bonchev–Trinajstić information content (AvgIpc) is 3.54. The van der Waals surface area contributed by atoms with Crippen LogP contribution in [0.2, 0.25) is 5.02 Å². The third kappa shape index (κ3) is 4.27. The molecule has 2 fully saturated rings. The maximum atomic E-state index is 12.7. The molecule has 1 N–H and O–H groups in total. The summed E-state index contributed by atoms with van der Waals surface area (Å²) >= 11 is 5.97. The van der Waals surface area contributed by atoms with Gasteiger partial charge in [-0.3, -0.25) is 0 Å². The minimum absolute atomic E-state index is 0.00127. The molecule has 1 saturated carbocycles. The first-order chi connectivity index (χ1) is 13.9. The van der Waals surface area contributed by atoms with Crippen LogP contribution in [0.15, 0.2) is 59.5 Å². The predicted octanol–water partition coefficient (Wildman–Crippen LogP) is 3.09. The van der Waals surface area contributed by atoms with Crippen LogP contribution in [0.4, 0.5) is 4.79 Å². The Labute approximate surface area is 176 Å².